The van der Waals surface area contributed by atoms with Crippen LogP contribution in [0.15, 0.2) is 0 Å². The Morgan fingerprint density at radius 2 is 0.762 bits per heavy atom. The molecule has 0 aromatic heterocycles. The molecule has 9 heteroatoms. The van der Waals surface area contributed by atoms with Crippen molar-refractivity contribution in [3.05, 3.63) is 0 Å². The van der Waals surface area contributed by atoms with E-state index in [1.165, 1.54) is 225 Å². The third-order valence-electron chi connectivity index (χ3n) is 13.1. The van der Waals surface area contributed by atoms with Gasteiger partial charge in [0.15, 0.2) is 0 Å². The number of nitrogens with zero attached hydrogens (tertiary/aromatic N) is 1. The second kappa shape index (κ2) is 46.6. The maximum atomic E-state index is 12.9. The average molecular weight is 916 g/mol. The molecular formula is C54H112N2O6P+. The second-order valence-corrected chi connectivity index (χ2v) is 22.1. The number of aliphatic hydroxyl groups excluding tert-OH is 1. The standard InChI is InChI=1S/C54H111N2O6P/c1-6-8-10-12-14-16-17-18-19-20-21-22-23-24-25-26-27-28-29-30-31-32-33-34-35-36-37-38-40-42-44-46-48-54(58)55-52(51-62-63(59,60)61-50-49-56(3,4)5)53(57)47-45-43-41-39-15-13-11-9-7-2/h52-53,57H,6-51H2,1-5H3,(H-,55,58,59,60)/p+1. The van der Waals surface area contributed by atoms with Crippen molar-refractivity contribution in [1.29, 1.82) is 0 Å². The fourth-order valence-electron chi connectivity index (χ4n) is 8.70. The van der Waals surface area contributed by atoms with Crippen molar-refractivity contribution < 1.29 is 32.9 Å². The zero-order chi connectivity index (χ0) is 46.4. The van der Waals surface area contributed by atoms with Crippen LogP contribution in [0.5, 0.6) is 0 Å². The van der Waals surface area contributed by atoms with Crippen LogP contribution < -0.4 is 5.32 Å². The number of hydrogen-bond acceptors (Lipinski definition) is 5. The molecule has 8 nitrogen and oxygen atoms in total. The highest BCUT2D eigenvalue weighted by molar-refractivity contribution is 7.47. The van der Waals surface area contributed by atoms with E-state index in [4.69, 9.17) is 9.05 Å². The first-order valence-corrected chi connectivity index (χ1v) is 29.4. The van der Waals surface area contributed by atoms with Gasteiger partial charge in [-0.15, -0.1) is 0 Å². The molecule has 3 unspecified atom stereocenters. The van der Waals surface area contributed by atoms with Crippen LogP contribution in [0.4, 0.5) is 0 Å². The van der Waals surface area contributed by atoms with Crippen molar-refractivity contribution in [3.8, 4) is 0 Å². The lowest BCUT2D eigenvalue weighted by atomic mass is 10.0. The number of quaternary nitrogens is 1. The Morgan fingerprint density at radius 3 is 1.06 bits per heavy atom. The molecule has 0 aliphatic carbocycles. The quantitative estimate of drug-likeness (QED) is 0.0319. The Bertz CT molecular complexity index is 994. The minimum Gasteiger partial charge on any atom is -0.391 e. The largest absolute Gasteiger partial charge is 0.472 e. The fraction of sp³-hybridized carbons (Fsp3) is 0.981. The predicted octanol–water partition coefficient (Wildman–Crippen LogP) is 16.5. The minimum atomic E-state index is -4.31. The molecule has 0 spiro atoms. The van der Waals surface area contributed by atoms with Crippen LogP contribution in [0.3, 0.4) is 0 Å². The maximum Gasteiger partial charge on any atom is 0.472 e. The highest BCUT2D eigenvalue weighted by Gasteiger charge is 2.28. The monoisotopic (exact) mass is 916 g/mol. The lowest BCUT2D eigenvalue weighted by Crippen LogP contribution is -2.46. The number of carbonyl (C=O) groups excluding carboxylic acids is 1. The van der Waals surface area contributed by atoms with Gasteiger partial charge in [-0.2, -0.15) is 0 Å². The molecule has 0 fully saturated rings. The Balaban J connectivity index is 3.85. The summed E-state index contributed by atoms with van der Waals surface area (Å²) < 4.78 is 23.6. The number of rotatable bonds is 52. The van der Waals surface area contributed by atoms with Crippen molar-refractivity contribution in [2.75, 3.05) is 40.9 Å². The van der Waals surface area contributed by atoms with Gasteiger partial charge >= 0.3 is 7.82 Å². The number of likely N-dealkylation sites (N-methyl/N-ethyl adjacent to an activating group) is 1. The summed E-state index contributed by atoms with van der Waals surface area (Å²) in [4.78, 5) is 23.2. The van der Waals surface area contributed by atoms with Crippen molar-refractivity contribution in [1.82, 2.24) is 5.32 Å². The normalized spacial score (nSPS) is 14.0. The fourth-order valence-corrected chi connectivity index (χ4v) is 9.43. The Labute approximate surface area is 393 Å². The van der Waals surface area contributed by atoms with E-state index in [1.54, 1.807) is 0 Å². The van der Waals surface area contributed by atoms with E-state index >= 15 is 0 Å². The predicted molar refractivity (Wildman–Crippen MR) is 272 cm³/mol. The minimum absolute atomic E-state index is 0.0784. The molecule has 1 amide bonds. The Kier molecular flexibility index (Phi) is 46.2. The number of nitrogens with one attached hydrogen (secondary N) is 1. The van der Waals surface area contributed by atoms with Crippen LogP contribution in [0.2, 0.25) is 0 Å². The molecule has 3 atom stereocenters. The Hall–Kier alpha value is -0.500. The van der Waals surface area contributed by atoms with Gasteiger partial charge in [-0.05, 0) is 12.8 Å². The topological polar surface area (TPSA) is 105 Å². The van der Waals surface area contributed by atoms with E-state index in [1.807, 2.05) is 21.1 Å². The smallest absolute Gasteiger partial charge is 0.391 e. The number of phosphoric ester groups is 1. The van der Waals surface area contributed by atoms with Gasteiger partial charge in [0, 0.05) is 6.42 Å². The zero-order valence-electron chi connectivity index (χ0n) is 43.1. The first-order valence-electron chi connectivity index (χ1n) is 27.9. The molecule has 0 bridgehead atoms. The molecule has 378 valence electrons. The molecule has 0 aliphatic heterocycles. The molecular weight excluding hydrogens is 804 g/mol. The molecule has 0 aliphatic rings. The van der Waals surface area contributed by atoms with Crippen LogP contribution in [-0.4, -0.2) is 73.4 Å². The third-order valence-corrected chi connectivity index (χ3v) is 14.1. The van der Waals surface area contributed by atoms with E-state index in [2.05, 4.69) is 19.2 Å². The second-order valence-electron chi connectivity index (χ2n) is 20.7. The highest BCUT2D eigenvalue weighted by atomic mass is 31.2. The van der Waals surface area contributed by atoms with Crippen LogP contribution in [-0.2, 0) is 18.4 Å². The summed E-state index contributed by atoms with van der Waals surface area (Å²) in [5, 5.41) is 13.9. The SMILES string of the molecule is CCCCCCCCCCCCCCCCCCCCCCCCCCCCCCCCCCC(=O)NC(COP(=O)(O)OCC[N+](C)(C)C)C(O)CCCCCCCCCCC. The number of carbonyl (C=O) groups is 1. The van der Waals surface area contributed by atoms with Crippen LogP contribution in [0.25, 0.3) is 0 Å². The molecule has 63 heavy (non-hydrogen) atoms. The molecule has 0 saturated carbocycles. The molecule has 0 rings (SSSR count). The zero-order valence-corrected chi connectivity index (χ0v) is 44.0. The molecule has 0 saturated heterocycles. The van der Waals surface area contributed by atoms with Crippen LogP contribution in [0.1, 0.15) is 290 Å². The highest BCUT2D eigenvalue weighted by Crippen LogP contribution is 2.43. The van der Waals surface area contributed by atoms with E-state index in [0.717, 1.165) is 38.5 Å². The van der Waals surface area contributed by atoms with E-state index in [-0.39, 0.29) is 19.1 Å². The van der Waals surface area contributed by atoms with E-state index < -0.39 is 20.0 Å². The summed E-state index contributed by atoms with van der Waals surface area (Å²) in [5.74, 6) is -0.140. The van der Waals surface area contributed by atoms with Gasteiger partial charge in [-0.25, -0.2) is 4.57 Å². The van der Waals surface area contributed by atoms with Gasteiger partial charge < -0.3 is 19.8 Å². The van der Waals surface area contributed by atoms with Gasteiger partial charge in [-0.3, -0.25) is 13.8 Å². The van der Waals surface area contributed by atoms with Crippen molar-refractivity contribution >= 4 is 13.7 Å². The number of unbranched alkanes of at least 4 members (excludes halogenated alkanes) is 39. The first-order chi connectivity index (χ1) is 30.5. The lowest BCUT2D eigenvalue weighted by Gasteiger charge is -2.26. The van der Waals surface area contributed by atoms with Gasteiger partial charge in [0.1, 0.15) is 13.2 Å². The van der Waals surface area contributed by atoms with Crippen molar-refractivity contribution in [2.45, 2.75) is 302 Å². The van der Waals surface area contributed by atoms with Gasteiger partial charge in [0.2, 0.25) is 5.91 Å². The summed E-state index contributed by atoms with van der Waals surface area (Å²) in [6.45, 7) is 4.90. The summed E-state index contributed by atoms with van der Waals surface area (Å²) in [7, 11) is 1.63. The number of amides is 1. The first kappa shape index (κ1) is 62.5. The summed E-state index contributed by atoms with van der Waals surface area (Å²) in [6, 6.07) is -0.752. The molecule has 3 N–H and O–H groups in total. The van der Waals surface area contributed by atoms with Crippen LogP contribution in [0, 0.1) is 0 Å². The maximum absolute atomic E-state index is 12.9. The van der Waals surface area contributed by atoms with E-state index in [0.29, 0.717) is 23.9 Å². The van der Waals surface area contributed by atoms with Gasteiger partial charge in [0.25, 0.3) is 0 Å². The number of aliphatic hydroxyl groups is 1. The van der Waals surface area contributed by atoms with Crippen LogP contribution >= 0.6 is 7.82 Å². The van der Waals surface area contributed by atoms with Crippen molar-refractivity contribution in [3.63, 3.8) is 0 Å². The van der Waals surface area contributed by atoms with E-state index in [9.17, 15) is 19.4 Å². The summed E-state index contributed by atoms with van der Waals surface area (Å²) >= 11 is 0. The molecule has 0 radical (unpaired) electrons. The van der Waals surface area contributed by atoms with Crippen molar-refractivity contribution in [2.24, 2.45) is 0 Å². The Morgan fingerprint density at radius 1 is 0.476 bits per heavy atom. The molecule has 0 aromatic rings. The van der Waals surface area contributed by atoms with Gasteiger partial charge in [0.05, 0.1) is 39.9 Å². The third kappa shape index (κ3) is 49.2. The summed E-state index contributed by atoms with van der Waals surface area (Å²) in [6.07, 6.45) is 54.8. The average Bonchev–Trinajstić information content (AvgIpc) is 3.24. The molecule has 0 heterocycles. The number of phosphoric acid groups is 1. The number of hydrogen-bond donors (Lipinski definition) is 3. The summed E-state index contributed by atoms with van der Waals surface area (Å²) in [5.41, 5.74) is 0. The molecule has 0 aromatic carbocycles. The van der Waals surface area contributed by atoms with Gasteiger partial charge in [-0.1, -0.05) is 271 Å². The lowest BCUT2D eigenvalue weighted by molar-refractivity contribution is -0.870.